The molecule has 0 amide bonds. The Morgan fingerprint density at radius 3 is 2.54 bits per heavy atom. The van der Waals surface area contributed by atoms with Crippen LogP contribution < -0.4 is 0 Å². The SMILES string of the molecule is Cc1nn(C)c(C)c1CN(Cc1nccn1Cc1ccccc1)C1CC1. The summed E-state index contributed by atoms with van der Waals surface area (Å²) < 4.78 is 4.26. The molecule has 136 valence electrons. The zero-order valence-electron chi connectivity index (χ0n) is 15.9. The van der Waals surface area contributed by atoms with Gasteiger partial charge in [-0.05, 0) is 32.3 Å². The monoisotopic (exact) mass is 349 g/mol. The van der Waals surface area contributed by atoms with E-state index >= 15 is 0 Å². The fourth-order valence-corrected chi connectivity index (χ4v) is 3.60. The molecular weight excluding hydrogens is 322 g/mol. The van der Waals surface area contributed by atoms with Crippen molar-refractivity contribution < 1.29 is 0 Å². The average Bonchev–Trinajstić information content (AvgIpc) is 3.35. The van der Waals surface area contributed by atoms with Gasteiger partial charge >= 0.3 is 0 Å². The Bertz CT molecular complexity index is 873. The summed E-state index contributed by atoms with van der Waals surface area (Å²) >= 11 is 0. The highest BCUT2D eigenvalue weighted by Gasteiger charge is 2.31. The lowest BCUT2D eigenvalue weighted by Gasteiger charge is -2.22. The summed E-state index contributed by atoms with van der Waals surface area (Å²) in [6, 6.07) is 11.3. The zero-order valence-corrected chi connectivity index (χ0v) is 15.9. The van der Waals surface area contributed by atoms with Crippen LogP contribution in [0.15, 0.2) is 42.7 Å². The van der Waals surface area contributed by atoms with Crippen LogP contribution in [0.1, 0.15) is 41.2 Å². The van der Waals surface area contributed by atoms with Crippen molar-refractivity contribution in [1.29, 1.82) is 0 Å². The summed E-state index contributed by atoms with van der Waals surface area (Å²) in [7, 11) is 2.03. The van der Waals surface area contributed by atoms with Crippen molar-refractivity contribution >= 4 is 0 Å². The van der Waals surface area contributed by atoms with E-state index in [2.05, 4.69) is 69.9 Å². The second-order valence-electron chi connectivity index (χ2n) is 7.37. The van der Waals surface area contributed by atoms with Crippen LogP contribution in [0.5, 0.6) is 0 Å². The van der Waals surface area contributed by atoms with Crippen LogP contribution in [0.25, 0.3) is 0 Å². The van der Waals surface area contributed by atoms with Crippen molar-refractivity contribution in [2.45, 2.75) is 52.4 Å². The lowest BCUT2D eigenvalue weighted by Crippen LogP contribution is -2.27. The zero-order chi connectivity index (χ0) is 18.1. The molecule has 26 heavy (non-hydrogen) atoms. The Morgan fingerprint density at radius 2 is 1.88 bits per heavy atom. The molecule has 0 aliphatic heterocycles. The van der Waals surface area contributed by atoms with E-state index in [-0.39, 0.29) is 0 Å². The van der Waals surface area contributed by atoms with Gasteiger partial charge in [0.2, 0.25) is 0 Å². The van der Waals surface area contributed by atoms with Crippen LogP contribution in [0, 0.1) is 13.8 Å². The summed E-state index contributed by atoms with van der Waals surface area (Å²) in [6.07, 6.45) is 6.59. The molecule has 0 radical (unpaired) electrons. The van der Waals surface area contributed by atoms with Gasteiger partial charge in [-0.2, -0.15) is 5.10 Å². The molecule has 1 aliphatic carbocycles. The quantitative estimate of drug-likeness (QED) is 0.656. The molecule has 1 fully saturated rings. The van der Waals surface area contributed by atoms with E-state index in [9.17, 15) is 0 Å². The molecule has 1 aromatic carbocycles. The van der Waals surface area contributed by atoms with Crippen molar-refractivity contribution in [3.63, 3.8) is 0 Å². The van der Waals surface area contributed by atoms with Gasteiger partial charge in [0.15, 0.2) is 0 Å². The molecule has 0 spiro atoms. The van der Waals surface area contributed by atoms with E-state index in [0.29, 0.717) is 6.04 Å². The second kappa shape index (κ2) is 7.08. The molecule has 1 saturated carbocycles. The Hall–Kier alpha value is -2.40. The molecule has 1 aliphatic rings. The number of rotatable bonds is 7. The number of hydrogen-bond acceptors (Lipinski definition) is 3. The van der Waals surface area contributed by atoms with Crippen LogP contribution in [-0.2, 0) is 26.7 Å². The van der Waals surface area contributed by atoms with E-state index in [1.807, 2.05) is 17.9 Å². The van der Waals surface area contributed by atoms with Crippen LogP contribution >= 0.6 is 0 Å². The lowest BCUT2D eigenvalue weighted by atomic mass is 10.2. The van der Waals surface area contributed by atoms with Gasteiger partial charge in [0.25, 0.3) is 0 Å². The van der Waals surface area contributed by atoms with Crippen molar-refractivity contribution in [2.75, 3.05) is 0 Å². The van der Waals surface area contributed by atoms with Gasteiger partial charge in [-0.15, -0.1) is 0 Å². The first kappa shape index (κ1) is 17.0. The molecule has 0 N–H and O–H groups in total. The molecule has 4 rings (SSSR count). The predicted octanol–water partition coefficient (Wildman–Crippen LogP) is 3.45. The van der Waals surface area contributed by atoms with Crippen molar-refractivity contribution in [3.05, 3.63) is 71.1 Å². The third-order valence-electron chi connectivity index (χ3n) is 5.43. The Morgan fingerprint density at radius 1 is 1.12 bits per heavy atom. The van der Waals surface area contributed by atoms with Gasteiger partial charge in [-0.3, -0.25) is 9.58 Å². The van der Waals surface area contributed by atoms with E-state index in [0.717, 1.165) is 31.2 Å². The number of aryl methyl sites for hydroxylation is 2. The van der Waals surface area contributed by atoms with Gasteiger partial charge in [0, 0.05) is 49.8 Å². The number of nitrogens with zero attached hydrogens (tertiary/aromatic N) is 5. The fraction of sp³-hybridized carbons (Fsp3) is 0.429. The van der Waals surface area contributed by atoms with Crippen LogP contribution in [0.2, 0.25) is 0 Å². The summed E-state index contributed by atoms with van der Waals surface area (Å²) in [6.45, 7) is 6.99. The van der Waals surface area contributed by atoms with E-state index < -0.39 is 0 Å². The maximum Gasteiger partial charge on any atom is 0.123 e. The first-order valence-corrected chi connectivity index (χ1v) is 9.39. The number of aromatic nitrogens is 4. The number of hydrogen-bond donors (Lipinski definition) is 0. The van der Waals surface area contributed by atoms with Crippen LogP contribution in [0.3, 0.4) is 0 Å². The molecule has 0 bridgehead atoms. The topological polar surface area (TPSA) is 38.9 Å². The highest BCUT2D eigenvalue weighted by atomic mass is 15.3. The average molecular weight is 349 g/mol. The van der Waals surface area contributed by atoms with Crippen molar-refractivity contribution in [2.24, 2.45) is 7.05 Å². The van der Waals surface area contributed by atoms with E-state index in [1.165, 1.54) is 29.7 Å². The molecule has 0 saturated heterocycles. The maximum absolute atomic E-state index is 4.65. The van der Waals surface area contributed by atoms with E-state index in [1.54, 1.807) is 0 Å². The molecule has 2 heterocycles. The maximum atomic E-state index is 4.65. The minimum Gasteiger partial charge on any atom is -0.329 e. The summed E-state index contributed by atoms with van der Waals surface area (Å²) in [5.74, 6) is 1.14. The van der Waals surface area contributed by atoms with E-state index in [4.69, 9.17) is 0 Å². The molecule has 0 unspecified atom stereocenters. The highest BCUT2D eigenvalue weighted by molar-refractivity contribution is 5.24. The molecule has 0 atom stereocenters. The Kier molecular flexibility index (Phi) is 4.64. The predicted molar refractivity (Wildman–Crippen MR) is 103 cm³/mol. The Balaban J connectivity index is 1.52. The van der Waals surface area contributed by atoms with Crippen molar-refractivity contribution in [1.82, 2.24) is 24.2 Å². The van der Waals surface area contributed by atoms with Gasteiger partial charge in [0.05, 0.1) is 12.2 Å². The van der Waals surface area contributed by atoms with Gasteiger partial charge < -0.3 is 4.57 Å². The first-order chi connectivity index (χ1) is 12.6. The standard InChI is InChI=1S/C21H27N5/c1-16-20(17(2)24(3)23-16)14-26(19-9-10-19)15-21-22-11-12-25(21)13-18-7-5-4-6-8-18/h4-8,11-12,19H,9-10,13-15H2,1-3H3. The third-order valence-corrected chi connectivity index (χ3v) is 5.43. The molecular formula is C21H27N5. The molecule has 2 aromatic heterocycles. The summed E-state index contributed by atoms with van der Waals surface area (Å²) in [5, 5.41) is 4.58. The molecule has 5 heteroatoms. The summed E-state index contributed by atoms with van der Waals surface area (Å²) in [5.41, 5.74) is 5.08. The first-order valence-electron chi connectivity index (χ1n) is 9.39. The molecule has 3 aromatic rings. The lowest BCUT2D eigenvalue weighted by molar-refractivity contribution is 0.235. The normalized spacial score (nSPS) is 14.3. The minimum absolute atomic E-state index is 0.677. The van der Waals surface area contributed by atoms with Gasteiger partial charge in [-0.1, -0.05) is 30.3 Å². The molecule has 5 nitrogen and oxygen atoms in total. The largest absolute Gasteiger partial charge is 0.329 e. The Labute approximate surface area is 155 Å². The van der Waals surface area contributed by atoms with Crippen molar-refractivity contribution in [3.8, 4) is 0 Å². The summed E-state index contributed by atoms with van der Waals surface area (Å²) in [4.78, 5) is 7.22. The van der Waals surface area contributed by atoms with Gasteiger partial charge in [0.1, 0.15) is 5.82 Å². The minimum atomic E-state index is 0.677. The second-order valence-corrected chi connectivity index (χ2v) is 7.37. The smallest absolute Gasteiger partial charge is 0.123 e. The highest BCUT2D eigenvalue weighted by Crippen LogP contribution is 2.30. The third kappa shape index (κ3) is 3.58. The number of imidazole rings is 1. The van der Waals surface area contributed by atoms with Crippen LogP contribution in [0.4, 0.5) is 0 Å². The fourth-order valence-electron chi connectivity index (χ4n) is 3.60. The van der Waals surface area contributed by atoms with Crippen LogP contribution in [-0.4, -0.2) is 30.3 Å². The van der Waals surface area contributed by atoms with Gasteiger partial charge in [-0.25, -0.2) is 4.98 Å². The number of benzene rings is 1.